The van der Waals surface area contributed by atoms with Gasteiger partial charge in [-0.15, -0.1) is 0 Å². The summed E-state index contributed by atoms with van der Waals surface area (Å²) in [4.78, 5) is 51.4. The van der Waals surface area contributed by atoms with Gasteiger partial charge in [0.05, 0.1) is 13.2 Å². The first-order chi connectivity index (χ1) is 34.1. The van der Waals surface area contributed by atoms with Crippen LogP contribution in [0.15, 0.2) is 110 Å². The summed E-state index contributed by atoms with van der Waals surface area (Å²) in [7, 11) is 0. The molecule has 4 aromatic carbocycles. The Morgan fingerprint density at radius 1 is 0.557 bits per heavy atom. The Morgan fingerprint density at radius 3 is 1.34 bits per heavy atom. The van der Waals surface area contributed by atoms with E-state index < -0.39 is 36.1 Å². The first kappa shape index (κ1) is 52.3. The zero-order chi connectivity index (χ0) is 49.5. The van der Waals surface area contributed by atoms with Gasteiger partial charge in [-0.05, 0) is 123 Å². The quantitative estimate of drug-likeness (QED) is 0.0281. The van der Waals surface area contributed by atoms with Crippen LogP contribution in [0.5, 0.6) is 34.5 Å². The minimum atomic E-state index is -1.20. The number of nitrogens with one attached hydrogen (secondary N) is 2. The normalized spacial score (nSPS) is 15.6. The Hall–Kier alpha value is -7.04. The van der Waals surface area contributed by atoms with E-state index in [1.165, 1.54) is 11.1 Å². The van der Waals surface area contributed by atoms with E-state index in [-0.39, 0.29) is 78.0 Å². The highest BCUT2D eigenvalue weighted by molar-refractivity contribution is 6.29. The summed E-state index contributed by atoms with van der Waals surface area (Å²) in [6.45, 7) is 11.6. The molecule has 0 radical (unpaired) electrons. The van der Waals surface area contributed by atoms with Crippen molar-refractivity contribution in [2.24, 2.45) is 0 Å². The number of para-hydroxylation sites is 4. The third kappa shape index (κ3) is 16.6. The fraction of sp³-hybridized carbons (Fsp3) is 0.407. The van der Waals surface area contributed by atoms with Crippen LogP contribution in [0, 0.1) is 0 Å². The summed E-state index contributed by atoms with van der Waals surface area (Å²) >= 11 is 0. The maximum atomic E-state index is 13.8. The second-order valence-corrected chi connectivity index (χ2v) is 16.5. The van der Waals surface area contributed by atoms with Crippen molar-refractivity contribution in [1.29, 1.82) is 0 Å². The topological polar surface area (TPSA) is 185 Å². The Kier molecular flexibility index (Phi) is 20.8. The highest BCUT2D eigenvalue weighted by atomic mass is 16.6. The van der Waals surface area contributed by atoms with Crippen LogP contribution in [-0.4, -0.2) is 114 Å². The molecule has 0 amide bonds. The largest absolute Gasteiger partial charge is 0.486 e. The van der Waals surface area contributed by atoms with Crippen molar-refractivity contribution < 1.29 is 66.5 Å². The lowest BCUT2D eigenvalue weighted by molar-refractivity contribution is -0.175. The van der Waals surface area contributed by atoms with Crippen LogP contribution in [0.1, 0.15) is 48.9 Å². The van der Waals surface area contributed by atoms with Gasteiger partial charge in [0.15, 0.2) is 36.2 Å². The van der Waals surface area contributed by atoms with E-state index in [1.807, 2.05) is 48.5 Å². The number of benzene rings is 4. The van der Waals surface area contributed by atoms with Crippen LogP contribution >= 0.6 is 0 Å². The van der Waals surface area contributed by atoms with Crippen LogP contribution in [0.2, 0.25) is 0 Å². The number of hydrogen-bond acceptors (Lipinski definition) is 16. The van der Waals surface area contributed by atoms with Crippen molar-refractivity contribution in [2.75, 3.05) is 65.9 Å². The average molecular weight is 965 g/mol. The summed E-state index contributed by atoms with van der Waals surface area (Å²) in [5, 5.41) is 7.03. The molecule has 0 aromatic heterocycles. The number of fused-ring (bicyclic) bond motifs is 2. The second-order valence-electron chi connectivity index (χ2n) is 16.5. The lowest BCUT2D eigenvalue weighted by atomic mass is 9.88. The molecule has 2 unspecified atom stereocenters. The van der Waals surface area contributed by atoms with Crippen molar-refractivity contribution in [3.63, 3.8) is 0 Å². The van der Waals surface area contributed by atoms with Gasteiger partial charge in [-0.3, -0.25) is 0 Å². The molecule has 0 fully saturated rings. The van der Waals surface area contributed by atoms with E-state index in [0.29, 0.717) is 47.3 Å². The zero-order valence-electron chi connectivity index (χ0n) is 40.0. The number of aryl methyl sites for hydroxylation is 2. The van der Waals surface area contributed by atoms with Gasteiger partial charge < -0.3 is 58.0 Å². The predicted octanol–water partition coefficient (Wildman–Crippen LogP) is 6.28. The highest BCUT2D eigenvalue weighted by Gasteiger charge is 2.30. The lowest BCUT2D eigenvalue weighted by Crippen LogP contribution is -2.45. The van der Waals surface area contributed by atoms with E-state index in [9.17, 15) is 19.2 Å². The van der Waals surface area contributed by atoms with Crippen molar-refractivity contribution in [1.82, 2.24) is 10.6 Å². The maximum Gasteiger partial charge on any atom is 0.417 e. The predicted molar refractivity (Wildman–Crippen MR) is 260 cm³/mol. The molecule has 16 nitrogen and oxygen atoms in total. The van der Waals surface area contributed by atoms with Crippen molar-refractivity contribution in [3.8, 4) is 34.5 Å². The molecule has 4 atom stereocenters. The number of ether oxygens (including phenoxy) is 10. The van der Waals surface area contributed by atoms with E-state index in [2.05, 4.69) is 23.8 Å². The summed E-state index contributed by atoms with van der Waals surface area (Å²) < 4.78 is 57.1. The minimum absolute atomic E-state index is 0.0226. The second kappa shape index (κ2) is 27.8. The molecule has 16 heteroatoms. The first-order valence-electron chi connectivity index (χ1n) is 23.7. The number of carbonyl (C=O) groups is 4. The van der Waals surface area contributed by atoms with Crippen LogP contribution < -0.4 is 39.1 Å². The average Bonchev–Trinajstić information content (AvgIpc) is 3.37. The molecule has 70 heavy (non-hydrogen) atoms. The zero-order valence-corrected chi connectivity index (χ0v) is 40.0. The fourth-order valence-electron chi connectivity index (χ4n) is 7.99. The summed E-state index contributed by atoms with van der Waals surface area (Å²) in [5.74, 6) is -0.393. The minimum Gasteiger partial charge on any atom is -0.486 e. The number of carbonyl (C=O) groups excluding carboxylic acids is 4. The molecule has 0 saturated heterocycles. The smallest absolute Gasteiger partial charge is 0.417 e. The molecular weight excluding hydrogens is 901 g/mol. The molecule has 4 aromatic rings. The Bertz CT molecular complexity index is 2210. The molecule has 374 valence electrons. The Balaban J connectivity index is 1.13. The van der Waals surface area contributed by atoms with E-state index in [1.54, 1.807) is 62.4 Å². The van der Waals surface area contributed by atoms with E-state index in [4.69, 9.17) is 47.4 Å². The number of esters is 4. The first-order valence-corrected chi connectivity index (χ1v) is 23.7. The molecule has 0 bridgehead atoms. The summed E-state index contributed by atoms with van der Waals surface area (Å²) in [6, 6.07) is 25.7. The van der Waals surface area contributed by atoms with Crippen LogP contribution in [-0.2, 0) is 63.8 Å². The van der Waals surface area contributed by atoms with Crippen molar-refractivity contribution >= 4 is 23.9 Å². The Morgan fingerprint density at radius 2 is 0.957 bits per heavy atom. The van der Waals surface area contributed by atoms with Crippen LogP contribution in [0.3, 0.4) is 0 Å². The van der Waals surface area contributed by atoms with E-state index >= 15 is 0 Å². The molecule has 2 aliphatic rings. The third-order valence-corrected chi connectivity index (χ3v) is 11.4. The van der Waals surface area contributed by atoms with Crippen molar-refractivity contribution in [2.45, 2.75) is 76.7 Å². The fourth-order valence-corrected chi connectivity index (χ4v) is 7.99. The van der Waals surface area contributed by atoms with Crippen LogP contribution in [0.4, 0.5) is 0 Å². The van der Waals surface area contributed by atoms with Gasteiger partial charge in [0.25, 0.3) is 0 Å². The maximum absolute atomic E-state index is 13.8. The van der Waals surface area contributed by atoms with Gasteiger partial charge in [0.1, 0.15) is 50.1 Å². The molecule has 6 rings (SSSR count). The van der Waals surface area contributed by atoms with Gasteiger partial charge in [-0.2, -0.15) is 0 Å². The standard InChI is InChI=1S/C54H64N2O14/c1-5-25-63-47-13-9-11-15-49(47)67-33-45(31-55-41-21-17-37-19-23-43(29-39(37)27-41)65-35-51(57)61-7-3)69-53(59)54(60)70-46(34-68-50-16-12-10-14-48(50)64-26-6-2)32-56-42-22-18-38-20-24-44(30-40(38)28-42)66-36-52(58)62-8-4/h5-6,9-16,19-20,23-24,29-30,41-42,45-46,55-56H,1-2,7-8,17-18,21-22,25-28,31-36H2,3-4H3/t41-,42-,45?,46?/m0/s1. The van der Waals surface area contributed by atoms with Crippen LogP contribution in [0.25, 0.3) is 0 Å². The number of hydrogen-bond donors (Lipinski definition) is 2. The lowest BCUT2D eigenvalue weighted by Gasteiger charge is -2.28. The van der Waals surface area contributed by atoms with Gasteiger partial charge in [-0.1, -0.05) is 61.7 Å². The van der Waals surface area contributed by atoms with Gasteiger partial charge in [-0.25, -0.2) is 19.2 Å². The highest BCUT2D eigenvalue weighted by Crippen LogP contribution is 2.30. The molecule has 0 saturated carbocycles. The molecule has 2 aliphatic carbocycles. The molecule has 0 aliphatic heterocycles. The summed E-state index contributed by atoms with van der Waals surface area (Å²) in [5.41, 5.74) is 4.47. The number of rotatable bonds is 28. The summed E-state index contributed by atoms with van der Waals surface area (Å²) in [6.07, 6.45) is 5.80. The van der Waals surface area contributed by atoms with Gasteiger partial charge >= 0.3 is 23.9 Å². The van der Waals surface area contributed by atoms with Gasteiger partial charge in [0, 0.05) is 25.2 Å². The van der Waals surface area contributed by atoms with E-state index in [0.717, 1.165) is 36.8 Å². The SMILES string of the molecule is C=CCOc1ccccc1OCC(CN[C@H]1CCc2ccc(OCC(=O)OCC)cc2C1)OC(=O)C(=O)OC(CN[C@H]1CCc2ccc(OCC(=O)OCC)cc2C1)COc1ccccc1OCC=C. The van der Waals surface area contributed by atoms with Crippen molar-refractivity contribution in [3.05, 3.63) is 132 Å². The monoisotopic (exact) mass is 964 g/mol. The molecule has 0 spiro atoms. The van der Waals surface area contributed by atoms with Gasteiger partial charge in [0.2, 0.25) is 0 Å². The Labute approximate surface area is 409 Å². The molecule has 2 N–H and O–H groups in total. The molecular formula is C54H64N2O14. The third-order valence-electron chi connectivity index (χ3n) is 11.4. The molecule has 0 heterocycles.